The highest BCUT2D eigenvalue weighted by molar-refractivity contribution is 6.08. The molecule has 0 bridgehead atoms. The molecule has 1 amide bonds. The van der Waals surface area contributed by atoms with Gasteiger partial charge in [-0.3, -0.25) is 4.79 Å². The number of hydrogen-bond donors (Lipinski definition) is 3. The number of hydrogen-bond acceptors (Lipinski definition) is 6. The van der Waals surface area contributed by atoms with Crippen molar-refractivity contribution in [3.05, 3.63) is 71.5 Å². The summed E-state index contributed by atoms with van der Waals surface area (Å²) in [5.41, 5.74) is 8.14. The zero-order valence-electron chi connectivity index (χ0n) is 15.6. The summed E-state index contributed by atoms with van der Waals surface area (Å²) in [7, 11) is 0. The van der Waals surface area contributed by atoms with Crippen molar-refractivity contribution in [3.8, 4) is 11.6 Å². The molecule has 3 heterocycles. The molecular formula is C22H19N5O2. The van der Waals surface area contributed by atoms with Gasteiger partial charge in [0.15, 0.2) is 11.6 Å². The highest BCUT2D eigenvalue weighted by Crippen LogP contribution is 2.34. The number of benzene rings is 2. The number of rotatable bonds is 5. The lowest BCUT2D eigenvalue weighted by atomic mass is 10.1. The lowest BCUT2D eigenvalue weighted by Gasteiger charge is -2.11. The number of nitrogens with two attached hydrogens (primary N) is 1. The van der Waals surface area contributed by atoms with Crippen LogP contribution in [0.3, 0.4) is 0 Å². The molecule has 0 spiro atoms. The molecule has 0 atom stereocenters. The molecule has 4 aromatic rings. The highest BCUT2D eigenvalue weighted by Gasteiger charge is 2.22. The van der Waals surface area contributed by atoms with Crippen molar-refractivity contribution >= 4 is 28.3 Å². The Morgan fingerprint density at radius 3 is 2.79 bits per heavy atom. The van der Waals surface area contributed by atoms with Crippen molar-refractivity contribution in [3.63, 3.8) is 0 Å². The molecule has 4 N–H and O–H groups in total. The summed E-state index contributed by atoms with van der Waals surface area (Å²) in [4.78, 5) is 21.1. The Morgan fingerprint density at radius 2 is 1.97 bits per heavy atom. The average Bonchev–Trinajstić information content (AvgIpc) is 3.39. The van der Waals surface area contributed by atoms with Gasteiger partial charge in [-0.25, -0.2) is 9.97 Å². The smallest absolute Gasteiger partial charge is 0.249 e. The van der Waals surface area contributed by atoms with Gasteiger partial charge in [-0.05, 0) is 18.1 Å². The number of primary amides is 1. The number of fused-ring (bicyclic) bond motifs is 2. The molecule has 1 aliphatic rings. The molecule has 29 heavy (non-hydrogen) atoms. The molecule has 2 aromatic carbocycles. The standard InChI is InChI=1S/C22H19N5O2/c23-19(28)15-8-4-7-14-17(15)12-29-18(14)22-26-20-16(9-10-24-20)21(27-22)25-11-13-5-2-1-3-6-13/h1-8,12H,9-11H2,(H2,23,28)(H2,24,25,26,27). The number of amides is 1. The van der Waals surface area contributed by atoms with Crippen LogP contribution in [0.5, 0.6) is 0 Å². The van der Waals surface area contributed by atoms with Crippen LogP contribution < -0.4 is 16.4 Å². The van der Waals surface area contributed by atoms with Crippen LogP contribution in [0, 0.1) is 0 Å². The van der Waals surface area contributed by atoms with Crippen LogP contribution in [0.2, 0.25) is 0 Å². The number of furan rings is 1. The number of nitrogens with zero attached hydrogens (tertiary/aromatic N) is 2. The minimum atomic E-state index is -0.496. The quantitative estimate of drug-likeness (QED) is 0.485. The Hall–Kier alpha value is -3.87. The number of anilines is 2. The summed E-state index contributed by atoms with van der Waals surface area (Å²) in [5, 5.41) is 8.16. The van der Waals surface area contributed by atoms with Gasteiger partial charge in [-0.15, -0.1) is 0 Å². The average molecular weight is 385 g/mol. The number of aromatic nitrogens is 2. The largest absolute Gasteiger partial charge is 0.460 e. The molecule has 2 aromatic heterocycles. The topological polar surface area (TPSA) is 106 Å². The SMILES string of the molecule is NC(=O)c1cccc2c(-c3nc4c(c(NCc5ccccc5)n3)CCN4)occ12. The van der Waals surface area contributed by atoms with E-state index in [4.69, 9.17) is 15.1 Å². The van der Waals surface area contributed by atoms with E-state index in [1.54, 1.807) is 12.1 Å². The predicted molar refractivity (Wildman–Crippen MR) is 112 cm³/mol. The maximum atomic E-state index is 11.7. The number of carbonyl (C=O) groups is 1. The molecule has 0 unspecified atom stereocenters. The fraction of sp³-hybridized carbons (Fsp3) is 0.136. The Labute approximate surface area is 167 Å². The van der Waals surface area contributed by atoms with Crippen LogP contribution in [0.15, 0.2) is 59.2 Å². The first-order valence-corrected chi connectivity index (χ1v) is 9.43. The fourth-order valence-corrected chi connectivity index (χ4v) is 3.66. The van der Waals surface area contributed by atoms with E-state index in [0.717, 1.165) is 35.6 Å². The molecule has 7 nitrogen and oxygen atoms in total. The molecule has 7 heteroatoms. The zero-order chi connectivity index (χ0) is 19.8. The Morgan fingerprint density at radius 1 is 1.10 bits per heavy atom. The number of carbonyl (C=O) groups excluding carboxylic acids is 1. The molecule has 0 saturated heterocycles. The van der Waals surface area contributed by atoms with Crippen molar-refractivity contribution in [1.29, 1.82) is 0 Å². The molecule has 1 aliphatic heterocycles. The van der Waals surface area contributed by atoms with Crippen LogP contribution >= 0.6 is 0 Å². The van der Waals surface area contributed by atoms with Gasteiger partial charge in [0.05, 0.1) is 5.56 Å². The van der Waals surface area contributed by atoms with Gasteiger partial charge in [0.25, 0.3) is 0 Å². The fourth-order valence-electron chi connectivity index (χ4n) is 3.66. The maximum Gasteiger partial charge on any atom is 0.249 e. The lowest BCUT2D eigenvalue weighted by molar-refractivity contribution is 0.100. The van der Waals surface area contributed by atoms with Crippen molar-refractivity contribution < 1.29 is 9.21 Å². The van der Waals surface area contributed by atoms with Crippen LogP contribution in [0.25, 0.3) is 22.4 Å². The van der Waals surface area contributed by atoms with Gasteiger partial charge in [0.1, 0.15) is 17.9 Å². The van der Waals surface area contributed by atoms with Gasteiger partial charge in [-0.2, -0.15) is 0 Å². The molecule has 0 fully saturated rings. The van der Waals surface area contributed by atoms with E-state index in [-0.39, 0.29) is 0 Å². The second-order valence-corrected chi connectivity index (χ2v) is 6.93. The Kier molecular flexibility index (Phi) is 4.13. The molecule has 144 valence electrons. The summed E-state index contributed by atoms with van der Waals surface area (Å²) in [5.74, 6) is 2.08. The summed E-state index contributed by atoms with van der Waals surface area (Å²) < 4.78 is 5.78. The second-order valence-electron chi connectivity index (χ2n) is 6.93. The van der Waals surface area contributed by atoms with Gasteiger partial charge >= 0.3 is 0 Å². The van der Waals surface area contributed by atoms with Crippen LogP contribution in [0.4, 0.5) is 11.6 Å². The summed E-state index contributed by atoms with van der Waals surface area (Å²) >= 11 is 0. The summed E-state index contributed by atoms with van der Waals surface area (Å²) in [6, 6.07) is 15.5. The highest BCUT2D eigenvalue weighted by atomic mass is 16.3. The van der Waals surface area contributed by atoms with Crippen molar-refractivity contribution in [1.82, 2.24) is 9.97 Å². The van der Waals surface area contributed by atoms with E-state index < -0.39 is 5.91 Å². The van der Waals surface area contributed by atoms with E-state index in [0.29, 0.717) is 29.1 Å². The van der Waals surface area contributed by atoms with Gasteiger partial charge < -0.3 is 20.8 Å². The van der Waals surface area contributed by atoms with E-state index in [1.807, 2.05) is 24.3 Å². The molecular weight excluding hydrogens is 366 g/mol. The predicted octanol–water partition coefficient (Wildman–Crippen LogP) is 3.57. The Balaban J connectivity index is 1.57. The van der Waals surface area contributed by atoms with Gasteiger partial charge in [0.2, 0.25) is 5.91 Å². The monoisotopic (exact) mass is 385 g/mol. The summed E-state index contributed by atoms with van der Waals surface area (Å²) in [6.07, 6.45) is 2.39. The third-order valence-corrected chi connectivity index (χ3v) is 5.09. The zero-order valence-corrected chi connectivity index (χ0v) is 15.6. The van der Waals surface area contributed by atoms with Crippen LogP contribution in [-0.4, -0.2) is 22.4 Å². The van der Waals surface area contributed by atoms with Crippen molar-refractivity contribution in [2.45, 2.75) is 13.0 Å². The van der Waals surface area contributed by atoms with Crippen molar-refractivity contribution in [2.24, 2.45) is 5.73 Å². The third-order valence-electron chi connectivity index (χ3n) is 5.09. The van der Waals surface area contributed by atoms with E-state index in [9.17, 15) is 4.79 Å². The minimum Gasteiger partial charge on any atom is -0.460 e. The van der Waals surface area contributed by atoms with Gasteiger partial charge in [0, 0.05) is 29.4 Å². The van der Waals surface area contributed by atoms with E-state index >= 15 is 0 Å². The first-order chi connectivity index (χ1) is 14.2. The van der Waals surface area contributed by atoms with Crippen LogP contribution in [-0.2, 0) is 13.0 Å². The molecule has 5 rings (SSSR count). The third kappa shape index (κ3) is 3.06. The first kappa shape index (κ1) is 17.2. The molecule has 0 saturated carbocycles. The van der Waals surface area contributed by atoms with Gasteiger partial charge in [-0.1, -0.05) is 42.5 Å². The van der Waals surface area contributed by atoms with Crippen molar-refractivity contribution in [2.75, 3.05) is 17.2 Å². The second kappa shape index (κ2) is 6.94. The molecule has 0 aliphatic carbocycles. The normalized spacial score (nSPS) is 12.6. The molecule has 0 radical (unpaired) electrons. The lowest BCUT2D eigenvalue weighted by Crippen LogP contribution is -2.10. The first-order valence-electron chi connectivity index (χ1n) is 9.43. The van der Waals surface area contributed by atoms with Crippen LogP contribution in [0.1, 0.15) is 21.5 Å². The van der Waals surface area contributed by atoms with E-state index in [2.05, 4.69) is 27.8 Å². The minimum absolute atomic E-state index is 0.416. The Bertz CT molecular complexity index is 1220. The number of nitrogens with one attached hydrogen (secondary N) is 2. The summed E-state index contributed by atoms with van der Waals surface area (Å²) in [6.45, 7) is 1.48. The maximum absolute atomic E-state index is 11.7. The van der Waals surface area contributed by atoms with E-state index in [1.165, 1.54) is 11.8 Å².